The molecular weight excluding hydrogens is 280 g/mol. The van der Waals surface area contributed by atoms with E-state index in [1.807, 2.05) is 12.1 Å². The fraction of sp³-hybridized carbons (Fsp3) is 0.0909. The van der Waals surface area contributed by atoms with E-state index in [0.29, 0.717) is 0 Å². The van der Waals surface area contributed by atoms with Gasteiger partial charge in [-0.1, -0.05) is 72.8 Å². The highest BCUT2D eigenvalue weighted by Crippen LogP contribution is 2.42. The van der Waals surface area contributed by atoms with Gasteiger partial charge in [0, 0.05) is 21.9 Å². The van der Waals surface area contributed by atoms with Crippen molar-refractivity contribution in [2.45, 2.75) is 13.8 Å². The van der Waals surface area contributed by atoms with Gasteiger partial charge in [-0.2, -0.15) is 0 Å². The molecule has 1 heterocycles. The van der Waals surface area contributed by atoms with Gasteiger partial charge in [0.05, 0.1) is 0 Å². The maximum atomic E-state index is 6.40. The van der Waals surface area contributed by atoms with E-state index in [1.165, 1.54) is 21.9 Å². The summed E-state index contributed by atoms with van der Waals surface area (Å²) in [7, 11) is 0. The molecule has 3 aromatic carbocycles. The van der Waals surface area contributed by atoms with Crippen molar-refractivity contribution in [3.05, 3.63) is 83.9 Å². The molecule has 4 aromatic rings. The van der Waals surface area contributed by atoms with Gasteiger partial charge in [0.1, 0.15) is 11.5 Å². The zero-order valence-corrected chi connectivity index (χ0v) is 13.3. The summed E-state index contributed by atoms with van der Waals surface area (Å²) in [6.07, 6.45) is 0. The monoisotopic (exact) mass is 298 g/mol. The summed E-state index contributed by atoms with van der Waals surface area (Å²) >= 11 is 0. The fourth-order valence-electron chi connectivity index (χ4n) is 3.19. The first-order chi connectivity index (χ1) is 11.3. The normalized spacial score (nSPS) is 11.0. The van der Waals surface area contributed by atoms with Crippen LogP contribution in [-0.2, 0) is 0 Å². The standard InChI is InChI=1S/C22H18O/c1-15-13-14-16(2)20-19(15)21(17-9-5-3-6-10-17)23-22(20)18-11-7-4-8-12-18/h3-14H,1-2H3. The molecule has 0 bridgehead atoms. The van der Waals surface area contributed by atoms with Crippen LogP contribution in [0.25, 0.3) is 33.4 Å². The van der Waals surface area contributed by atoms with E-state index in [1.54, 1.807) is 0 Å². The number of aryl methyl sites for hydroxylation is 2. The number of fused-ring (bicyclic) bond motifs is 1. The van der Waals surface area contributed by atoms with Gasteiger partial charge in [-0.3, -0.25) is 0 Å². The Labute approximate surface area is 136 Å². The van der Waals surface area contributed by atoms with Crippen LogP contribution in [0.4, 0.5) is 0 Å². The van der Waals surface area contributed by atoms with Crippen molar-refractivity contribution in [1.29, 1.82) is 0 Å². The van der Waals surface area contributed by atoms with Crippen molar-refractivity contribution in [1.82, 2.24) is 0 Å². The molecular formula is C22H18O. The van der Waals surface area contributed by atoms with E-state index in [9.17, 15) is 0 Å². The highest BCUT2D eigenvalue weighted by Gasteiger charge is 2.19. The van der Waals surface area contributed by atoms with E-state index < -0.39 is 0 Å². The van der Waals surface area contributed by atoms with Gasteiger partial charge in [-0.15, -0.1) is 0 Å². The largest absolute Gasteiger partial charge is 0.455 e. The van der Waals surface area contributed by atoms with Crippen molar-refractivity contribution < 1.29 is 4.42 Å². The summed E-state index contributed by atoms with van der Waals surface area (Å²) in [5.41, 5.74) is 4.73. The third-order valence-electron chi connectivity index (χ3n) is 4.35. The maximum Gasteiger partial charge on any atom is 0.142 e. The van der Waals surface area contributed by atoms with E-state index in [-0.39, 0.29) is 0 Å². The number of hydrogen-bond acceptors (Lipinski definition) is 1. The minimum Gasteiger partial charge on any atom is -0.455 e. The van der Waals surface area contributed by atoms with Gasteiger partial charge < -0.3 is 4.42 Å². The lowest BCUT2D eigenvalue weighted by atomic mass is 9.97. The quantitative estimate of drug-likeness (QED) is 0.418. The zero-order chi connectivity index (χ0) is 15.8. The summed E-state index contributed by atoms with van der Waals surface area (Å²) in [4.78, 5) is 0. The molecule has 0 fully saturated rings. The molecule has 23 heavy (non-hydrogen) atoms. The number of hydrogen-bond donors (Lipinski definition) is 0. The summed E-state index contributed by atoms with van der Waals surface area (Å²) in [5.74, 6) is 1.92. The molecule has 0 N–H and O–H groups in total. The van der Waals surface area contributed by atoms with Gasteiger partial charge in [0.2, 0.25) is 0 Å². The molecule has 1 aromatic heterocycles. The van der Waals surface area contributed by atoms with Crippen molar-refractivity contribution in [2.24, 2.45) is 0 Å². The molecule has 4 rings (SSSR count). The topological polar surface area (TPSA) is 13.1 Å². The minimum absolute atomic E-state index is 0.959. The second-order valence-electron chi connectivity index (χ2n) is 5.94. The van der Waals surface area contributed by atoms with Crippen LogP contribution in [0.15, 0.2) is 77.2 Å². The number of furan rings is 1. The fourth-order valence-corrected chi connectivity index (χ4v) is 3.19. The molecule has 0 aliphatic rings. The molecule has 0 spiro atoms. The summed E-state index contributed by atoms with van der Waals surface area (Å²) in [6.45, 7) is 4.30. The molecule has 1 nitrogen and oxygen atoms in total. The molecule has 0 amide bonds. The minimum atomic E-state index is 0.959. The van der Waals surface area contributed by atoms with Gasteiger partial charge in [-0.05, 0) is 25.0 Å². The average molecular weight is 298 g/mol. The van der Waals surface area contributed by atoms with E-state index in [4.69, 9.17) is 4.42 Å². The molecule has 0 saturated carbocycles. The molecule has 0 radical (unpaired) electrons. The molecule has 0 atom stereocenters. The van der Waals surface area contributed by atoms with Crippen LogP contribution >= 0.6 is 0 Å². The predicted molar refractivity (Wildman–Crippen MR) is 96.6 cm³/mol. The Morgan fingerprint density at radius 3 is 1.30 bits per heavy atom. The number of rotatable bonds is 2. The molecule has 112 valence electrons. The Hall–Kier alpha value is -2.80. The third-order valence-corrected chi connectivity index (χ3v) is 4.35. The molecule has 0 aliphatic carbocycles. The van der Waals surface area contributed by atoms with Crippen LogP contribution in [0.1, 0.15) is 11.1 Å². The second-order valence-corrected chi connectivity index (χ2v) is 5.94. The first kappa shape index (κ1) is 13.8. The van der Waals surface area contributed by atoms with Gasteiger partial charge in [0.25, 0.3) is 0 Å². The molecule has 0 saturated heterocycles. The van der Waals surface area contributed by atoms with Gasteiger partial charge in [-0.25, -0.2) is 0 Å². The predicted octanol–water partition coefficient (Wildman–Crippen LogP) is 6.38. The van der Waals surface area contributed by atoms with E-state index >= 15 is 0 Å². The van der Waals surface area contributed by atoms with Crippen LogP contribution in [0.2, 0.25) is 0 Å². The Bertz CT molecular complexity index is 884. The lowest BCUT2D eigenvalue weighted by molar-refractivity contribution is 0.602. The second kappa shape index (κ2) is 5.44. The Morgan fingerprint density at radius 1 is 0.522 bits per heavy atom. The lowest BCUT2D eigenvalue weighted by Gasteiger charge is -2.03. The SMILES string of the molecule is Cc1ccc(C)c2c(-c3ccccc3)oc(-c3ccccc3)c12. The molecule has 0 unspecified atom stereocenters. The highest BCUT2D eigenvalue weighted by atomic mass is 16.3. The summed E-state index contributed by atoms with van der Waals surface area (Å²) < 4.78 is 6.40. The first-order valence-electron chi connectivity index (χ1n) is 7.89. The van der Waals surface area contributed by atoms with Crippen molar-refractivity contribution in [3.63, 3.8) is 0 Å². The molecule has 1 heteroatoms. The van der Waals surface area contributed by atoms with Crippen LogP contribution in [-0.4, -0.2) is 0 Å². The van der Waals surface area contributed by atoms with Crippen LogP contribution in [0, 0.1) is 13.8 Å². The third kappa shape index (κ3) is 2.25. The van der Waals surface area contributed by atoms with Gasteiger partial charge >= 0.3 is 0 Å². The van der Waals surface area contributed by atoms with E-state index in [2.05, 4.69) is 74.5 Å². The van der Waals surface area contributed by atoms with Gasteiger partial charge in [0.15, 0.2) is 0 Å². The van der Waals surface area contributed by atoms with Crippen LogP contribution in [0.5, 0.6) is 0 Å². The smallest absolute Gasteiger partial charge is 0.142 e. The Balaban J connectivity index is 2.11. The van der Waals surface area contributed by atoms with E-state index in [0.717, 1.165) is 22.6 Å². The van der Waals surface area contributed by atoms with Crippen molar-refractivity contribution in [3.8, 4) is 22.6 Å². The molecule has 0 aliphatic heterocycles. The maximum absolute atomic E-state index is 6.40. The average Bonchev–Trinajstić information content (AvgIpc) is 3.02. The Morgan fingerprint density at radius 2 is 0.913 bits per heavy atom. The first-order valence-corrected chi connectivity index (χ1v) is 7.89. The van der Waals surface area contributed by atoms with Crippen LogP contribution < -0.4 is 0 Å². The Kier molecular flexibility index (Phi) is 3.27. The number of benzene rings is 3. The van der Waals surface area contributed by atoms with Crippen LogP contribution in [0.3, 0.4) is 0 Å². The zero-order valence-electron chi connectivity index (χ0n) is 13.3. The summed E-state index contributed by atoms with van der Waals surface area (Å²) in [6, 6.07) is 25.0. The highest BCUT2D eigenvalue weighted by molar-refractivity contribution is 6.06. The van der Waals surface area contributed by atoms with Crippen molar-refractivity contribution >= 4 is 10.8 Å². The van der Waals surface area contributed by atoms with Crippen molar-refractivity contribution in [2.75, 3.05) is 0 Å². The summed E-state index contributed by atoms with van der Waals surface area (Å²) in [5, 5.41) is 2.44. The lowest BCUT2D eigenvalue weighted by Crippen LogP contribution is -1.82.